The highest BCUT2D eigenvalue weighted by Crippen LogP contribution is 2.39. The molecule has 2 saturated heterocycles. The Morgan fingerprint density at radius 1 is 1.10 bits per heavy atom. The first kappa shape index (κ1) is 38.3. The van der Waals surface area contributed by atoms with Gasteiger partial charge in [0.1, 0.15) is 35.3 Å². The van der Waals surface area contributed by atoms with Crippen LogP contribution in [0.15, 0.2) is 54.7 Å². The minimum atomic E-state index is -4.00. The number of aliphatic hydroxyl groups is 1. The third kappa shape index (κ3) is 9.90. The van der Waals surface area contributed by atoms with E-state index < -0.39 is 63.5 Å². The van der Waals surface area contributed by atoms with E-state index in [9.17, 15) is 27.5 Å². The molecule has 0 unspecified atom stereocenters. The fourth-order valence-electron chi connectivity index (χ4n) is 6.69. The second-order valence-electron chi connectivity index (χ2n) is 14.3. The van der Waals surface area contributed by atoms with Crippen molar-refractivity contribution in [3.8, 4) is 11.3 Å². The summed E-state index contributed by atoms with van der Waals surface area (Å²) in [4.78, 5) is 35.0. The van der Waals surface area contributed by atoms with E-state index >= 15 is 4.39 Å². The van der Waals surface area contributed by atoms with Crippen molar-refractivity contribution in [3.63, 3.8) is 0 Å². The van der Waals surface area contributed by atoms with Gasteiger partial charge >= 0.3 is 6.09 Å². The van der Waals surface area contributed by atoms with Gasteiger partial charge in [0, 0.05) is 50.5 Å². The summed E-state index contributed by atoms with van der Waals surface area (Å²) < 4.78 is 73.0. The van der Waals surface area contributed by atoms with Crippen molar-refractivity contribution in [1.82, 2.24) is 19.4 Å². The Bertz CT molecular complexity index is 1790. The number of aliphatic hydroxyl groups excluding tert-OH is 1. The van der Waals surface area contributed by atoms with E-state index in [0.717, 1.165) is 30.0 Å². The molecule has 0 spiro atoms. The number of hydrogen-bond donors (Lipinski definition) is 1. The first-order chi connectivity index (χ1) is 24.0. The molecule has 0 saturated carbocycles. The molecular weight excluding hydrogens is 686 g/mol. The number of likely N-dealkylation sites (tertiary alicyclic amines) is 1. The van der Waals surface area contributed by atoms with Gasteiger partial charge in [0.15, 0.2) is 0 Å². The van der Waals surface area contributed by atoms with Crippen LogP contribution in [0.1, 0.15) is 58.0 Å². The van der Waals surface area contributed by atoms with Gasteiger partial charge in [-0.3, -0.25) is 8.98 Å². The molecule has 2 aliphatic rings. The number of benzene rings is 2. The third-order valence-electron chi connectivity index (χ3n) is 8.92. The van der Waals surface area contributed by atoms with Gasteiger partial charge in [0.2, 0.25) is 0 Å². The molecule has 2 amide bonds. The number of aromatic nitrogens is 2. The highest BCUT2D eigenvalue weighted by molar-refractivity contribution is 7.86. The molecule has 3 aromatic rings. The van der Waals surface area contributed by atoms with Crippen LogP contribution in [-0.4, -0.2) is 102 Å². The molecule has 5 rings (SSSR count). The van der Waals surface area contributed by atoms with Crippen LogP contribution in [0.25, 0.3) is 11.3 Å². The van der Waals surface area contributed by atoms with Crippen LogP contribution in [0.5, 0.6) is 0 Å². The molecule has 0 bridgehead atoms. The van der Waals surface area contributed by atoms with Gasteiger partial charge in [0.05, 0.1) is 24.5 Å². The monoisotopic (exact) mass is 732 g/mol. The van der Waals surface area contributed by atoms with Crippen molar-refractivity contribution >= 4 is 22.1 Å². The lowest BCUT2D eigenvalue weighted by Gasteiger charge is -2.40. The number of carbonyl (C=O) groups excluding carboxylic acids is 2. The van der Waals surface area contributed by atoms with Crippen LogP contribution >= 0.6 is 0 Å². The first-order valence-corrected chi connectivity index (χ1v) is 18.8. The van der Waals surface area contributed by atoms with E-state index in [-0.39, 0.29) is 43.4 Å². The molecular formula is C36H46F2N4O8S. The lowest BCUT2D eigenvalue weighted by atomic mass is 9.88. The molecule has 2 fully saturated rings. The number of halogens is 2. The van der Waals surface area contributed by atoms with Crippen LogP contribution in [-0.2, 0) is 35.1 Å². The largest absolute Gasteiger partial charge is 0.444 e. The van der Waals surface area contributed by atoms with Gasteiger partial charge in [-0.2, -0.15) is 8.42 Å². The molecule has 15 heteroatoms. The van der Waals surface area contributed by atoms with Crippen molar-refractivity contribution in [3.05, 3.63) is 77.8 Å². The summed E-state index contributed by atoms with van der Waals surface area (Å²) in [6.07, 6.45) is 0.379. The van der Waals surface area contributed by atoms with E-state index in [1.165, 1.54) is 16.7 Å². The summed E-state index contributed by atoms with van der Waals surface area (Å²) in [5.41, 5.74) is 0.147. The van der Waals surface area contributed by atoms with Crippen molar-refractivity contribution in [1.29, 1.82) is 0 Å². The zero-order valence-electron chi connectivity index (χ0n) is 29.5. The molecule has 4 atom stereocenters. The summed E-state index contributed by atoms with van der Waals surface area (Å²) in [6, 6.07) is 11.7. The fraction of sp³-hybridized carbons (Fsp3) is 0.528. The lowest BCUT2D eigenvalue weighted by molar-refractivity contribution is -0.145. The Kier molecular flexibility index (Phi) is 11.8. The van der Waals surface area contributed by atoms with Crippen LogP contribution in [0.2, 0.25) is 0 Å². The maximum atomic E-state index is 15.2. The molecule has 2 aromatic carbocycles. The van der Waals surface area contributed by atoms with E-state index in [1.807, 2.05) is 30.3 Å². The van der Waals surface area contributed by atoms with Gasteiger partial charge < -0.3 is 28.9 Å². The number of amides is 2. The Hall–Kier alpha value is -3.92. The van der Waals surface area contributed by atoms with Crippen molar-refractivity contribution < 1.29 is 45.6 Å². The van der Waals surface area contributed by atoms with Gasteiger partial charge in [-0.1, -0.05) is 30.3 Å². The molecule has 3 heterocycles. The fourth-order valence-corrected chi connectivity index (χ4v) is 7.36. The van der Waals surface area contributed by atoms with Gasteiger partial charge in [-0.15, -0.1) is 0 Å². The molecule has 2 aliphatic heterocycles. The standard InChI is InChI=1S/C36H46F2N4O8S/c1-23(43)34(44)42(20-26-19-41(35(45)49-36(2,3)4)22-31(26)50-51(5,46)47)32(25-13-15-48-16-14-25)33-39-30(28-17-27(37)11-12-29(28)38)21-40(33)18-24-9-7-6-8-10-24/h6-12,17,21,23,25-26,31-32,43H,13-16,18-20,22H2,1-5H3/t23-,26-,31+,32+/m0/s1. The Labute approximate surface area is 297 Å². The van der Waals surface area contributed by atoms with Crippen LogP contribution in [0.3, 0.4) is 0 Å². The Morgan fingerprint density at radius 3 is 2.41 bits per heavy atom. The minimum absolute atomic E-state index is 0.00258. The third-order valence-corrected chi connectivity index (χ3v) is 9.52. The van der Waals surface area contributed by atoms with Crippen LogP contribution in [0, 0.1) is 23.5 Å². The molecule has 12 nitrogen and oxygen atoms in total. The first-order valence-electron chi connectivity index (χ1n) is 17.0. The number of imidazole rings is 1. The van der Waals surface area contributed by atoms with Crippen LogP contribution < -0.4 is 0 Å². The smallest absolute Gasteiger partial charge is 0.410 e. The SMILES string of the molecule is C[C@H](O)C(=O)N(C[C@@H]1CN(C(=O)OC(C)(C)C)C[C@H]1OS(C)(=O)=O)[C@@H](c1nc(-c2cc(F)ccc2F)cn1Cc1ccccc1)C1CCOCC1. The number of rotatable bonds is 11. The average molecular weight is 733 g/mol. The zero-order valence-corrected chi connectivity index (χ0v) is 30.3. The molecule has 0 radical (unpaired) electrons. The highest BCUT2D eigenvalue weighted by Gasteiger charge is 2.45. The normalized spacial score (nSPS) is 19.9. The topological polar surface area (TPSA) is 140 Å². The van der Waals surface area contributed by atoms with Gasteiger partial charge in [0.25, 0.3) is 16.0 Å². The average Bonchev–Trinajstić information content (AvgIpc) is 3.64. The predicted octanol–water partition coefficient (Wildman–Crippen LogP) is 4.77. The van der Waals surface area contributed by atoms with E-state index in [2.05, 4.69) is 0 Å². The number of carbonyl (C=O) groups is 2. The van der Waals surface area contributed by atoms with Gasteiger partial charge in [-0.05, 0) is 70.2 Å². The number of hydrogen-bond acceptors (Lipinski definition) is 9. The number of nitrogens with zero attached hydrogens (tertiary/aromatic N) is 4. The van der Waals surface area contributed by atoms with E-state index in [4.69, 9.17) is 18.6 Å². The van der Waals surface area contributed by atoms with Crippen molar-refractivity contribution in [2.45, 2.75) is 70.9 Å². The molecule has 278 valence electrons. The maximum Gasteiger partial charge on any atom is 0.410 e. The van der Waals surface area contributed by atoms with E-state index in [0.29, 0.717) is 31.9 Å². The quantitative estimate of drug-likeness (QED) is 0.276. The van der Waals surface area contributed by atoms with Crippen LogP contribution in [0.4, 0.5) is 13.6 Å². The Balaban J connectivity index is 1.63. The second kappa shape index (κ2) is 15.8. The minimum Gasteiger partial charge on any atom is -0.444 e. The van der Waals surface area contributed by atoms with Gasteiger partial charge in [-0.25, -0.2) is 18.6 Å². The summed E-state index contributed by atoms with van der Waals surface area (Å²) in [5.74, 6) is -2.61. The summed E-state index contributed by atoms with van der Waals surface area (Å²) in [5, 5.41) is 10.8. The summed E-state index contributed by atoms with van der Waals surface area (Å²) in [6.45, 7) is 7.28. The number of ether oxygens (including phenoxy) is 2. The second-order valence-corrected chi connectivity index (χ2v) is 15.9. The zero-order chi connectivity index (χ0) is 37.1. The molecule has 0 aliphatic carbocycles. The Morgan fingerprint density at radius 2 is 1.78 bits per heavy atom. The molecule has 1 aromatic heterocycles. The van der Waals surface area contributed by atoms with E-state index in [1.54, 1.807) is 31.5 Å². The summed E-state index contributed by atoms with van der Waals surface area (Å²) >= 11 is 0. The summed E-state index contributed by atoms with van der Waals surface area (Å²) in [7, 11) is -4.00. The molecule has 51 heavy (non-hydrogen) atoms. The highest BCUT2D eigenvalue weighted by atomic mass is 32.2. The predicted molar refractivity (Wildman–Crippen MR) is 184 cm³/mol. The molecule has 1 N–H and O–H groups in total. The van der Waals surface area contributed by atoms with Crippen molar-refractivity contribution in [2.24, 2.45) is 11.8 Å². The lowest BCUT2D eigenvalue weighted by Crippen LogP contribution is -2.49. The maximum absolute atomic E-state index is 15.2. The van der Waals surface area contributed by atoms with Crippen molar-refractivity contribution in [2.75, 3.05) is 39.1 Å².